The molecular weight excluding hydrogens is 332 g/mol. The molecule has 0 bridgehead atoms. The molecule has 0 unspecified atom stereocenters. The summed E-state index contributed by atoms with van der Waals surface area (Å²) < 4.78 is 0. The van der Waals surface area contributed by atoms with Gasteiger partial charge in [-0.2, -0.15) is 0 Å². The summed E-state index contributed by atoms with van der Waals surface area (Å²) in [5.74, 6) is 0.216. The van der Waals surface area contributed by atoms with E-state index in [1.807, 2.05) is 36.4 Å². The maximum absolute atomic E-state index is 12.6. The molecule has 1 aliphatic heterocycles. The van der Waals surface area contributed by atoms with Gasteiger partial charge in [-0.05, 0) is 55.0 Å². The van der Waals surface area contributed by atoms with Gasteiger partial charge in [0.1, 0.15) is 6.54 Å². The number of nitrogens with one attached hydrogen (secondary N) is 1. The molecular formula is C20H20N2O2S. The number of fused-ring (bicyclic) bond motifs is 2. The number of thioether (sulfide) groups is 1. The molecule has 0 fully saturated rings. The average molecular weight is 352 g/mol. The zero-order chi connectivity index (χ0) is 17.2. The number of amides is 2. The van der Waals surface area contributed by atoms with E-state index in [1.165, 1.54) is 29.3 Å². The van der Waals surface area contributed by atoms with Crippen LogP contribution in [0.1, 0.15) is 24.0 Å². The fourth-order valence-electron chi connectivity index (χ4n) is 3.56. The van der Waals surface area contributed by atoms with Crippen LogP contribution in [0.5, 0.6) is 0 Å². The molecule has 1 aliphatic carbocycles. The second kappa shape index (κ2) is 6.92. The third-order valence-corrected chi connectivity index (χ3v) is 5.83. The van der Waals surface area contributed by atoms with Gasteiger partial charge in [0, 0.05) is 10.6 Å². The number of carbonyl (C=O) groups excluding carboxylic acids is 2. The van der Waals surface area contributed by atoms with Crippen LogP contribution in [0.4, 0.5) is 11.4 Å². The lowest BCUT2D eigenvalue weighted by molar-refractivity contribution is -0.120. The highest BCUT2D eigenvalue weighted by Crippen LogP contribution is 2.35. The van der Waals surface area contributed by atoms with Crippen LogP contribution in [0.2, 0.25) is 0 Å². The van der Waals surface area contributed by atoms with Crippen LogP contribution in [0.25, 0.3) is 0 Å². The van der Waals surface area contributed by atoms with Crippen molar-refractivity contribution in [2.75, 3.05) is 22.5 Å². The standard InChI is InChI=1S/C20H20N2O2S/c23-19(21-16-9-5-7-14-6-1-2-8-15(14)16)12-22-17-10-3-4-11-18(17)25-13-20(22)24/h3-5,7,9-11H,1-2,6,8,12-13H2,(H,21,23). The first-order chi connectivity index (χ1) is 12.2. The van der Waals surface area contributed by atoms with Gasteiger partial charge >= 0.3 is 0 Å². The summed E-state index contributed by atoms with van der Waals surface area (Å²) in [6, 6.07) is 13.8. The SMILES string of the molecule is O=C(CN1C(=O)CSc2ccccc21)Nc1cccc2c1CCCC2. The number of aryl methyl sites for hydroxylation is 1. The van der Waals surface area contributed by atoms with Gasteiger partial charge in [-0.25, -0.2) is 0 Å². The topological polar surface area (TPSA) is 49.4 Å². The van der Waals surface area contributed by atoms with Gasteiger partial charge in [-0.1, -0.05) is 24.3 Å². The minimum absolute atomic E-state index is 0.0195. The molecule has 2 aromatic rings. The minimum atomic E-state index is -0.144. The Morgan fingerprint density at radius 1 is 1.08 bits per heavy atom. The lowest BCUT2D eigenvalue weighted by Gasteiger charge is -2.28. The molecule has 4 rings (SSSR count). The van der Waals surface area contributed by atoms with Gasteiger partial charge in [-0.3, -0.25) is 9.59 Å². The second-order valence-corrected chi connectivity index (χ2v) is 7.45. The average Bonchev–Trinajstić information content (AvgIpc) is 2.64. The van der Waals surface area contributed by atoms with Crippen LogP contribution in [0, 0.1) is 0 Å². The summed E-state index contributed by atoms with van der Waals surface area (Å²) in [6.45, 7) is 0.0556. The normalized spacial score (nSPS) is 16.2. The summed E-state index contributed by atoms with van der Waals surface area (Å²) in [4.78, 5) is 27.6. The van der Waals surface area contributed by atoms with Crippen molar-refractivity contribution in [1.29, 1.82) is 0 Å². The number of benzene rings is 2. The van der Waals surface area contributed by atoms with Crippen LogP contribution in [0.15, 0.2) is 47.4 Å². The van der Waals surface area contributed by atoms with E-state index in [0.717, 1.165) is 35.5 Å². The van der Waals surface area contributed by atoms with Gasteiger partial charge in [0.2, 0.25) is 11.8 Å². The highest BCUT2D eigenvalue weighted by atomic mass is 32.2. The van der Waals surface area contributed by atoms with Crippen LogP contribution >= 0.6 is 11.8 Å². The first kappa shape index (κ1) is 16.2. The van der Waals surface area contributed by atoms with Gasteiger partial charge < -0.3 is 10.2 Å². The van der Waals surface area contributed by atoms with Crippen LogP contribution < -0.4 is 10.2 Å². The van der Waals surface area contributed by atoms with Crippen LogP contribution in [0.3, 0.4) is 0 Å². The molecule has 2 aromatic carbocycles. The molecule has 128 valence electrons. The third kappa shape index (κ3) is 3.29. The third-order valence-electron chi connectivity index (χ3n) is 4.78. The summed E-state index contributed by atoms with van der Waals surface area (Å²) in [6.07, 6.45) is 4.46. The Kier molecular flexibility index (Phi) is 4.49. The van der Waals surface area contributed by atoms with Gasteiger partial charge in [0.15, 0.2) is 0 Å². The molecule has 0 radical (unpaired) electrons. The van der Waals surface area contributed by atoms with E-state index in [1.54, 1.807) is 4.90 Å². The monoisotopic (exact) mass is 352 g/mol. The molecule has 2 amide bonds. The van der Waals surface area contributed by atoms with E-state index in [-0.39, 0.29) is 18.4 Å². The van der Waals surface area contributed by atoms with Crippen molar-refractivity contribution in [2.45, 2.75) is 30.6 Å². The zero-order valence-electron chi connectivity index (χ0n) is 14.0. The predicted molar refractivity (Wildman–Crippen MR) is 101 cm³/mol. The molecule has 0 atom stereocenters. The van der Waals surface area contributed by atoms with E-state index < -0.39 is 0 Å². The highest BCUT2D eigenvalue weighted by Gasteiger charge is 2.26. The van der Waals surface area contributed by atoms with Crippen molar-refractivity contribution in [3.05, 3.63) is 53.6 Å². The molecule has 4 nitrogen and oxygen atoms in total. The van der Waals surface area contributed by atoms with Crippen molar-refractivity contribution in [3.63, 3.8) is 0 Å². The largest absolute Gasteiger partial charge is 0.324 e. The number of anilines is 2. The van der Waals surface area contributed by atoms with E-state index in [0.29, 0.717) is 5.75 Å². The maximum Gasteiger partial charge on any atom is 0.244 e. The Hall–Kier alpha value is -2.27. The first-order valence-electron chi connectivity index (χ1n) is 8.65. The Labute approximate surface area is 151 Å². The summed E-state index contributed by atoms with van der Waals surface area (Å²) >= 11 is 1.53. The molecule has 2 aliphatic rings. The van der Waals surface area contributed by atoms with Crippen molar-refractivity contribution in [3.8, 4) is 0 Å². The zero-order valence-corrected chi connectivity index (χ0v) is 14.8. The number of hydrogen-bond acceptors (Lipinski definition) is 3. The number of hydrogen-bond donors (Lipinski definition) is 1. The quantitative estimate of drug-likeness (QED) is 0.917. The Morgan fingerprint density at radius 3 is 2.84 bits per heavy atom. The molecule has 0 saturated carbocycles. The van der Waals surface area contributed by atoms with Crippen molar-refractivity contribution in [2.24, 2.45) is 0 Å². The molecule has 0 saturated heterocycles. The fraction of sp³-hybridized carbons (Fsp3) is 0.300. The van der Waals surface area contributed by atoms with Crippen molar-refractivity contribution < 1.29 is 9.59 Å². The predicted octanol–water partition coefficient (Wildman–Crippen LogP) is 3.64. The van der Waals surface area contributed by atoms with Crippen molar-refractivity contribution in [1.82, 2.24) is 0 Å². The lowest BCUT2D eigenvalue weighted by atomic mass is 9.90. The molecule has 25 heavy (non-hydrogen) atoms. The number of carbonyl (C=O) groups is 2. The number of nitrogens with zero attached hydrogens (tertiary/aromatic N) is 1. The van der Waals surface area contributed by atoms with E-state index in [9.17, 15) is 9.59 Å². The van der Waals surface area contributed by atoms with Crippen LogP contribution in [-0.4, -0.2) is 24.1 Å². The summed E-state index contributed by atoms with van der Waals surface area (Å²) in [5.41, 5.74) is 4.31. The Balaban J connectivity index is 1.53. The summed E-state index contributed by atoms with van der Waals surface area (Å²) in [7, 11) is 0. The van der Waals surface area contributed by atoms with E-state index in [2.05, 4.69) is 11.4 Å². The minimum Gasteiger partial charge on any atom is -0.324 e. The Morgan fingerprint density at radius 2 is 1.92 bits per heavy atom. The number of para-hydroxylation sites is 1. The Bertz CT molecular complexity index is 834. The fourth-order valence-corrected chi connectivity index (χ4v) is 4.49. The second-order valence-electron chi connectivity index (χ2n) is 6.43. The van der Waals surface area contributed by atoms with Crippen LogP contribution in [-0.2, 0) is 22.4 Å². The smallest absolute Gasteiger partial charge is 0.244 e. The summed E-state index contributed by atoms with van der Waals surface area (Å²) in [5, 5.41) is 3.03. The number of rotatable bonds is 3. The van der Waals surface area contributed by atoms with E-state index >= 15 is 0 Å². The molecule has 0 spiro atoms. The van der Waals surface area contributed by atoms with Gasteiger partial charge in [0.25, 0.3) is 0 Å². The van der Waals surface area contributed by atoms with Gasteiger partial charge in [0.05, 0.1) is 11.4 Å². The van der Waals surface area contributed by atoms with Crippen molar-refractivity contribution >= 4 is 35.0 Å². The molecule has 5 heteroatoms. The van der Waals surface area contributed by atoms with Gasteiger partial charge in [-0.15, -0.1) is 11.8 Å². The molecule has 0 aromatic heterocycles. The maximum atomic E-state index is 12.6. The lowest BCUT2D eigenvalue weighted by Crippen LogP contribution is -2.41. The van der Waals surface area contributed by atoms with E-state index in [4.69, 9.17) is 0 Å². The first-order valence-corrected chi connectivity index (χ1v) is 9.64. The highest BCUT2D eigenvalue weighted by molar-refractivity contribution is 8.00. The molecule has 1 heterocycles. The molecule has 1 N–H and O–H groups in total.